The number of ether oxygens (including phenoxy) is 2. The Morgan fingerprint density at radius 3 is 2.16 bits per heavy atom. The molecule has 7 nitrogen and oxygen atoms in total. The smallest absolute Gasteiger partial charge is 0.263 e. The van der Waals surface area contributed by atoms with E-state index in [-0.39, 0.29) is 17.9 Å². The second-order valence-corrected chi connectivity index (χ2v) is 9.50. The van der Waals surface area contributed by atoms with Gasteiger partial charge >= 0.3 is 0 Å². The van der Waals surface area contributed by atoms with Crippen LogP contribution in [0.3, 0.4) is 0 Å². The van der Waals surface area contributed by atoms with Gasteiger partial charge in [0.15, 0.2) is 0 Å². The van der Waals surface area contributed by atoms with Gasteiger partial charge in [-0.3, -0.25) is 9.59 Å². The third-order valence-electron chi connectivity index (χ3n) is 6.93. The minimum Gasteiger partial charge on any atom is -0.496 e. The molecule has 7 heteroatoms. The lowest BCUT2D eigenvalue weighted by Crippen LogP contribution is -2.35. The van der Waals surface area contributed by atoms with Crippen LogP contribution in [0, 0.1) is 5.92 Å². The van der Waals surface area contributed by atoms with Crippen LogP contribution in [-0.2, 0) is 0 Å². The predicted octanol–water partition coefficient (Wildman–Crippen LogP) is 5.68. The molecule has 0 aromatic heterocycles. The molecule has 1 aliphatic heterocycles. The summed E-state index contributed by atoms with van der Waals surface area (Å²) < 4.78 is 10.8. The molecule has 37 heavy (non-hydrogen) atoms. The zero-order valence-corrected chi connectivity index (χ0v) is 21.9. The minimum absolute atomic E-state index is 0.168. The number of benzene rings is 3. The van der Waals surface area contributed by atoms with E-state index in [2.05, 4.69) is 22.5 Å². The molecule has 1 unspecified atom stereocenters. The van der Waals surface area contributed by atoms with E-state index in [1.165, 1.54) is 14.2 Å². The van der Waals surface area contributed by atoms with E-state index in [4.69, 9.17) is 9.47 Å². The van der Waals surface area contributed by atoms with Crippen molar-refractivity contribution in [3.63, 3.8) is 0 Å². The van der Waals surface area contributed by atoms with E-state index < -0.39 is 0 Å². The Hall–Kier alpha value is -4.00. The quantitative estimate of drug-likeness (QED) is 0.415. The van der Waals surface area contributed by atoms with E-state index in [0.717, 1.165) is 37.2 Å². The van der Waals surface area contributed by atoms with Gasteiger partial charge in [0.25, 0.3) is 11.8 Å². The summed E-state index contributed by atoms with van der Waals surface area (Å²) >= 11 is 0. The number of carbonyl (C=O) groups excluding carboxylic acids is 2. The van der Waals surface area contributed by atoms with Crippen LogP contribution in [0.25, 0.3) is 0 Å². The van der Waals surface area contributed by atoms with Crippen LogP contribution in [0.1, 0.15) is 59.0 Å². The molecule has 1 saturated heterocycles. The average molecular weight is 502 g/mol. The largest absolute Gasteiger partial charge is 0.496 e. The first kappa shape index (κ1) is 26.1. The molecule has 0 saturated carbocycles. The molecular weight excluding hydrogens is 466 g/mol. The fraction of sp³-hybridized carbons (Fsp3) is 0.333. The third kappa shape index (κ3) is 6.05. The zero-order chi connectivity index (χ0) is 26.4. The molecule has 0 spiro atoms. The van der Waals surface area contributed by atoms with E-state index >= 15 is 0 Å². The first-order chi connectivity index (χ1) is 17.9. The zero-order valence-electron chi connectivity index (χ0n) is 21.9. The van der Waals surface area contributed by atoms with Crippen molar-refractivity contribution < 1.29 is 19.1 Å². The maximum atomic E-state index is 13.6. The van der Waals surface area contributed by atoms with Gasteiger partial charge in [-0.2, -0.15) is 0 Å². The van der Waals surface area contributed by atoms with Crippen LogP contribution < -0.4 is 25.0 Å². The van der Waals surface area contributed by atoms with Crippen molar-refractivity contribution in [2.45, 2.75) is 32.7 Å². The summed E-state index contributed by atoms with van der Waals surface area (Å²) in [5.74, 6) is 0.922. The van der Waals surface area contributed by atoms with E-state index in [1.54, 1.807) is 24.3 Å². The van der Waals surface area contributed by atoms with Crippen LogP contribution in [0.2, 0.25) is 0 Å². The highest BCUT2D eigenvalue weighted by Crippen LogP contribution is 2.32. The first-order valence-corrected chi connectivity index (χ1v) is 12.7. The number of piperidine rings is 1. The van der Waals surface area contributed by atoms with E-state index in [0.29, 0.717) is 34.2 Å². The summed E-state index contributed by atoms with van der Waals surface area (Å²) in [6.07, 6.45) is 2.15. The highest BCUT2D eigenvalue weighted by atomic mass is 16.5. The van der Waals surface area contributed by atoms with Gasteiger partial charge in [-0.15, -0.1) is 0 Å². The molecule has 3 aromatic rings. The summed E-state index contributed by atoms with van der Waals surface area (Å²) in [5, 5.41) is 6.06. The summed E-state index contributed by atoms with van der Waals surface area (Å²) in [5.41, 5.74) is 3.24. The molecule has 194 valence electrons. The molecule has 1 fully saturated rings. The number of amides is 2. The highest BCUT2D eigenvalue weighted by molar-refractivity contribution is 6.09. The van der Waals surface area contributed by atoms with Gasteiger partial charge in [-0.05, 0) is 61.6 Å². The van der Waals surface area contributed by atoms with Crippen molar-refractivity contribution in [1.82, 2.24) is 5.32 Å². The SMILES string of the molecule is COc1cccc(OC)c1C(=O)Nc1ccc(N2CCC(C)CC2)c(C(=O)NC(C)c2ccccc2)c1. The number of carbonyl (C=O) groups is 2. The normalized spacial score (nSPS) is 14.5. The van der Waals surface area contributed by atoms with Crippen LogP contribution in [0.4, 0.5) is 11.4 Å². The standard InChI is InChI=1S/C30H35N3O4/c1-20-15-17-33(18-16-20)25-14-13-23(32-30(35)28-26(36-3)11-8-12-27(28)37-4)19-24(25)29(34)31-21(2)22-9-6-5-7-10-22/h5-14,19-21H,15-18H2,1-4H3,(H,31,34)(H,32,35). The summed E-state index contributed by atoms with van der Waals surface area (Å²) in [6.45, 7) is 6.01. The predicted molar refractivity (Wildman–Crippen MR) is 147 cm³/mol. The van der Waals surface area contributed by atoms with Crippen LogP contribution in [0.5, 0.6) is 11.5 Å². The Morgan fingerprint density at radius 2 is 1.54 bits per heavy atom. The van der Waals surface area contributed by atoms with Gasteiger partial charge in [0.1, 0.15) is 17.1 Å². The van der Waals surface area contributed by atoms with Gasteiger partial charge in [-0.25, -0.2) is 0 Å². The Labute approximate surface area is 218 Å². The van der Waals surface area contributed by atoms with E-state index in [1.807, 2.05) is 49.4 Å². The van der Waals surface area contributed by atoms with Gasteiger partial charge in [-0.1, -0.05) is 43.3 Å². The Kier molecular flexibility index (Phi) is 8.33. The van der Waals surface area contributed by atoms with Gasteiger partial charge < -0.3 is 25.0 Å². The van der Waals surface area contributed by atoms with Crippen molar-refractivity contribution in [3.05, 3.63) is 83.4 Å². The van der Waals surface area contributed by atoms with Crippen molar-refractivity contribution >= 4 is 23.2 Å². The molecule has 1 heterocycles. The van der Waals surface area contributed by atoms with Gasteiger partial charge in [0.05, 0.1) is 25.8 Å². The lowest BCUT2D eigenvalue weighted by atomic mass is 9.97. The number of hydrogen-bond acceptors (Lipinski definition) is 5. The fourth-order valence-corrected chi connectivity index (χ4v) is 4.69. The number of nitrogens with zero attached hydrogens (tertiary/aromatic N) is 1. The molecule has 0 aliphatic carbocycles. The monoisotopic (exact) mass is 501 g/mol. The molecule has 0 bridgehead atoms. The maximum Gasteiger partial charge on any atom is 0.263 e. The Bertz CT molecular complexity index is 1210. The Balaban J connectivity index is 1.64. The summed E-state index contributed by atoms with van der Waals surface area (Å²) in [7, 11) is 3.02. The molecule has 1 aliphatic rings. The minimum atomic E-state index is -0.377. The number of nitrogens with one attached hydrogen (secondary N) is 2. The molecule has 3 aromatic carbocycles. The number of rotatable bonds is 8. The lowest BCUT2D eigenvalue weighted by molar-refractivity contribution is 0.0939. The van der Waals surface area contributed by atoms with Gasteiger partial charge in [0, 0.05) is 24.5 Å². The van der Waals surface area contributed by atoms with Crippen LogP contribution >= 0.6 is 0 Å². The second kappa shape index (κ2) is 11.8. The molecule has 2 N–H and O–H groups in total. The van der Waals surface area contributed by atoms with Crippen LogP contribution in [-0.4, -0.2) is 39.1 Å². The highest BCUT2D eigenvalue weighted by Gasteiger charge is 2.24. The number of hydrogen-bond donors (Lipinski definition) is 2. The molecule has 4 rings (SSSR count). The van der Waals surface area contributed by atoms with Gasteiger partial charge in [0.2, 0.25) is 0 Å². The lowest BCUT2D eigenvalue weighted by Gasteiger charge is -2.33. The van der Waals surface area contributed by atoms with Crippen molar-refractivity contribution in [1.29, 1.82) is 0 Å². The summed E-state index contributed by atoms with van der Waals surface area (Å²) in [4.78, 5) is 29.1. The van der Waals surface area contributed by atoms with Crippen molar-refractivity contribution in [2.75, 3.05) is 37.5 Å². The molecule has 2 amide bonds. The number of methoxy groups -OCH3 is 2. The summed E-state index contributed by atoms with van der Waals surface area (Å²) in [6, 6.07) is 20.4. The van der Waals surface area contributed by atoms with Crippen molar-refractivity contribution in [2.24, 2.45) is 5.92 Å². The molecular formula is C30H35N3O4. The number of anilines is 2. The molecule has 0 radical (unpaired) electrons. The first-order valence-electron chi connectivity index (χ1n) is 12.7. The Morgan fingerprint density at radius 1 is 0.892 bits per heavy atom. The van der Waals surface area contributed by atoms with Crippen molar-refractivity contribution in [3.8, 4) is 11.5 Å². The third-order valence-corrected chi connectivity index (χ3v) is 6.93. The van der Waals surface area contributed by atoms with Crippen LogP contribution in [0.15, 0.2) is 66.7 Å². The fourth-order valence-electron chi connectivity index (χ4n) is 4.69. The topological polar surface area (TPSA) is 79.9 Å². The average Bonchev–Trinajstić information content (AvgIpc) is 2.93. The second-order valence-electron chi connectivity index (χ2n) is 9.50. The maximum absolute atomic E-state index is 13.6. The molecule has 1 atom stereocenters. The van der Waals surface area contributed by atoms with E-state index in [9.17, 15) is 9.59 Å².